The third-order valence-corrected chi connectivity index (χ3v) is 6.24. The van der Waals surface area contributed by atoms with Gasteiger partial charge in [0.2, 0.25) is 0 Å². The number of carbonyl (C=O) groups excluding carboxylic acids is 2. The average molecular weight is 489 g/mol. The van der Waals surface area contributed by atoms with E-state index in [-0.39, 0.29) is 39.2 Å². The van der Waals surface area contributed by atoms with Crippen molar-refractivity contribution in [3.63, 3.8) is 0 Å². The molecule has 2 N–H and O–H groups in total. The minimum absolute atomic E-state index is 0.0283. The van der Waals surface area contributed by atoms with Gasteiger partial charge in [0.05, 0.1) is 28.8 Å². The minimum Gasteiger partial charge on any atom is -0.507 e. The van der Waals surface area contributed by atoms with Crippen molar-refractivity contribution in [1.29, 1.82) is 0 Å². The lowest BCUT2D eigenvalue weighted by atomic mass is 9.95. The van der Waals surface area contributed by atoms with Crippen molar-refractivity contribution < 1.29 is 24.2 Å². The van der Waals surface area contributed by atoms with E-state index in [0.717, 1.165) is 10.9 Å². The van der Waals surface area contributed by atoms with Gasteiger partial charge >= 0.3 is 0 Å². The number of rotatable bonds is 7. The Bertz CT molecular complexity index is 1240. The highest BCUT2D eigenvalue weighted by Crippen LogP contribution is 2.43. The van der Waals surface area contributed by atoms with Gasteiger partial charge < -0.3 is 24.5 Å². The van der Waals surface area contributed by atoms with Crippen LogP contribution in [0.4, 0.5) is 0 Å². The number of likely N-dealkylation sites (tertiary alicyclic amines) is 1. The van der Waals surface area contributed by atoms with Crippen LogP contribution in [0.5, 0.6) is 5.75 Å². The maximum Gasteiger partial charge on any atom is 0.295 e. The predicted octanol–water partition coefficient (Wildman–Crippen LogP) is 4.94. The molecule has 4 rings (SSSR count). The Labute approximate surface area is 200 Å². The summed E-state index contributed by atoms with van der Waals surface area (Å²) in [5.41, 5.74) is 1.74. The first kappa shape index (κ1) is 23.2. The predicted molar refractivity (Wildman–Crippen MR) is 127 cm³/mol. The van der Waals surface area contributed by atoms with Crippen LogP contribution in [0, 0.1) is 0 Å². The number of fused-ring (bicyclic) bond motifs is 1. The second-order valence-corrected chi connectivity index (χ2v) is 8.42. The fraction of sp³-hybridized carbons (Fsp3) is 0.250. The molecule has 3 aromatic rings. The van der Waals surface area contributed by atoms with Crippen LogP contribution in [0.3, 0.4) is 0 Å². The van der Waals surface area contributed by atoms with E-state index < -0.39 is 17.7 Å². The number of ketones is 1. The van der Waals surface area contributed by atoms with E-state index in [1.54, 1.807) is 13.3 Å². The third kappa shape index (κ3) is 4.08. The fourth-order valence-electron chi connectivity index (χ4n) is 4.18. The van der Waals surface area contributed by atoms with Crippen LogP contribution in [0.25, 0.3) is 16.7 Å². The monoisotopic (exact) mass is 488 g/mol. The van der Waals surface area contributed by atoms with Gasteiger partial charge in [0.25, 0.3) is 11.7 Å². The van der Waals surface area contributed by atoms with E-state index in [1.807, 2.05) is 24.3 Å². The molecule has 33 heavy (non-hydrogen) atoms. The average Bonchev–Trinajstić information content (AvgIpc) is 3.32. The molecule has 0 aliphatic carbocycles. The first-order valence-electron chi connectivity index (χ1n) is 10.3. The molecule has 0 spiro atoms. The summed E-state index contributed by atoms with van der Waals surface area (Å²) in [7, 11) is 3.00. The molecule has 1 saturated heterocycles. The quantitative estimate of drug-likeness (QED) is 0.212. The molecular formula is C24H22Cl2N2O5. The van der Waals surface area contributed by atoms with Crippen LogP contribution in [0.2, 0.25) is 10.0 Å². The van der Waals surface area contributed by atoms with Gasteiger partial charge in [-0.25, -0.2) is 0 Å². The molecule has 172 valence electrons. The van der Waals surface area contributed by atoms with Gasteiger partial charge in [-0.15, -0.1) is 0 Å². The number of H-pyrrole nitrogens is 1. The van der Waals surface area contributed by atoms with Gasteiger partial charge in [-0.3, -0.25) is 9.59 Å². The number of amides is 1. The Morgan fingerprint density at radius 2 is 1.85 bits per heavy atom. The lowest BCUT2D eigenvalue weighted by Crippen LogP contribution is -2.31. The van der Waals surface area contributed by atoms with E-state index in [4.69, 9.17) is 32.7 Å². The molecule has 1 unspecified atom stereocenters. The smallest absolute Gasteiger partial charge is 0.295 e. The molecule has 2 aromatic carbocycles. The Balaban J connectivity index is 1.91. The van der Waals surface area contributed by atoms with E-state index in [9.17, 15) is 14.7 Å². The summed E-state index contributed by atoms with van der Waals surface area (Å²) in [5, 5.41) is 12.4. The number of aromatic nitrogens is 1. The number of hydrogen-bond acceptors (Lipinski definition) is 5. The van der Waals surface area contributed by atoms with Crippen molar-refractivity contribution in [2.24, 2.45) is 0 Å². The molecule has 1 atom stereocenters. The lowest BCUT2D eigenvalue weighted by molar-refractivity contribution is -0.140. The fourth-order valence-corrected chi connectivity index (χ4v) is 4.82. The number of aliphatic hydroxyl groups is 1. The molecule has 1 amide bonds. The van der Waals surface area contributed by atoms with Gasteiger partial charge in [-0.2, -0.15) is 0 Å². The molecule has 2 heterocycles. The van der Waals surface area contributed by atoms with Gasteiger partial charge in [0.1, 0.15) is 5.76 Å². The molecule has 1 aromatic heterocycles. The number of carbonyl (C=O) groups is 2. The highest BCUT2D eigenvalue weighted by molar-refractivity contribution is 6.47. The van der Waals surface area contributed by atoms with E-state index in [2.05, 4.69) is 4.98 Å². The van der Waals surface area contributed by atoms with Crippen molar-refractivity contribution in [2.75, 3.05) is 27.4 Å². The Kier molecular flexibility index (Phi) is 6.65. The number of methoxy groups -OCH3 is 2. The molecular weight excluding hydrogens is 467 g/mol. The number of benzene rings is 2. The van der Waals surface area contributed by atoms with Crippen LogP contribution in [0.1, 0.15) is 23.6 Å². The van der Waals surface area contributed by atoms with Crippen LogP contribution >= 0.6 is 23.2 Å². The molecule has 1 aliphatic heterocycles. The van der Waals surface area contributed by atoms with Crippen LogP contribution in [-0.2, 0) is 14.3 Å². The number of para-hydroxylation sites is 1. The second kappa shape index (κ2) is 9.47. The molecule has 1 fully saturated rings. The van der Waals surface area contributed by atoms with Crippen molar-refractivity contribution in [3.8, 4) is 5.75 Å². The zero-order valence-corrected chi connectivity index (χ0v) is 19.5. The summed E-state index contributed by atoms with van der Waals surface area (Å²) in [5.74, 6) is -1.57. The zero-order valence-electron chi connectivity index (χ0n) is 18.0. The maximum absolute atomic E-state index is 13.2. The zero-order chi connectivity index (χ0) is 23.7. The summed E-state index contributed by atoms with van der Waals surface area (Å²) >= 11 is 12.5. The molecule has 9 heteroatoms. The second-order valence-electron chi connectivity index (χ2n) is 7.60. The first-order valence-corrected chi connectivity index (χ1v) is 11.0. The Hall–Kier alpha value is -3.00. The SMILES string of the molecule is COCCCN1C(=O)C(=O)/C(=C(/O)c2cc(Cl)c(OC)c(Cl)c2)C1c1c[nH]c2ccccc12. The van der Waals surface area contributed by atoms with Crippen LogP contribution in [-0.4, -0.2) is 54.1 Å². The molecule has 0 bridgehead atoms. The number of nitrogens with one attached hydrogen (secondary N) is 1. The van der Waals surface area contributed by atoms with Gasteiger partial charge in [0.15, 0.2) is 5.75 Å². The first-order chi connectivity index (χ1) is 15.9. The standard InChI is InChI=1S/C24H22Cl2N2O5/c1-32-9-5-8-28-20(15-12-27-18-7-4-3-6-14(15)18)19(22(30)24(28)31)21(29)13-10-16(25)23(33-2)17(26)11-13/h3-4,6-7,10-12,20,27,29H,5,8-9H2,1-2H3/b21-19+. The summed E-state index contributed by atoms with van der Waals surface area (Å²) < 4.78 is 10.3. The van der Waals surface area contributed by atoms with Crippen molar-refractivity contribution in [2.45, 2.75) is 12.5 Å². The number of nitrogens with zero attached hydrogens (tertiary/aromatic N) is 1. The van der Waals surface area contributed by atoms with Gasteiger partial charge in [0, 0.05) is 48.5 Å². The maximum atomic E-state index is 13.2. The van der Waals surface area contributed by atoms with Crippen molar-refractivity contribution in [3.05, 3.63) is 69.3 Å². The normalized spacial score (nSPS) is 17.8. The highest BCUT2D eigenvalue weighted by atomic mass is 35.5. The number of aliphatic hydroxyl groups excluding tert-OH is 1. The Morgan fingerprint density at radius 1 is 1.15 bits per heavy atom. The highest BCUT2D eigenvalue weighted by Gasteiger charge is 2.46. The third-order valence-electron chi connectivity index (χ3n) is 5.68. The number of aromatic amines is 1. The topological polar surface area (TPSA) is 91.9 Å². The molecule has 1 aliphatic rings. The molecule has 0 saturated carbocycles. The van der Waals surface area contributed by atoms with Gasteiger partial charge in [-0.1, -0.05) is 41.4 Å². The number of Topliss-reactive ketones (excluding diaryl/α,β-unsaturated/α-hetero) is 1. The van der Waals surface area contributed by atoms with E-state index >= 15 is 0 Å². The van der Waals surface area contributed by atoms with Gasteiger partial charge in [-0.05, 0) is 24.6 Å². The number of ether oxygens (including phenoxy) is 2. The molecule has 0 radical (unpaired) electrons. The summed E-state index contributed by atoms with van der Waals surface area (Å²) in [6.07, 6.45) is 2.29. The summed E-state index contributed by atoms with van der Waals surface area (Å²) in [4.78, 5) is 30.8. The number of hydrogen-bond donors (Lipinski definition) is 2. The van der Waals surface area contributed by atoms with Crippen LogP contribution in [0.15, 0.2) is 48.2 Å². The number of halogens is 2. The van der Waals surface area contributed by atoms with Crippen LogP contribution < -0.4 is 4.74 Å². The van der Waals surface area contributed by atoms with Crippen molar-refractivity contribution >= 4 is 51.6 Å². The lowest BCUT2D eigenvalue weighted by Gasteiger charge is -2.25. The van der Waals surface area contributed by atoms with Crippen molar-refractivity contribution in [1.82, 2.24) is 9.88 Å². The summed E-state index contributed by atoms with van der Waals surface area (Å²) in [6.45, 7) is 0.705. The minimum atomic E-state index is -0.794. The largest absolute Gasteiger partial charge is 0.507 e. The van der Waals surface area contributed by atoms with E-state index in [1.165, 1.54) is 24.1 Å². The summed E-state index contributed by atoms with van der Waals surface area (Å²) in [6, 6.07) is 9.67. The van der Waals surface area contributed by atoms with E-state index in [0.29, 0.717) is 18.6 Å². The molecule has 7 nitrogen and oxygen atoms in total. The Morgan fingerprint density at radius 3 is 2.52 bits per heavy atom.